The lowest BCUT2D eigenvalue weighted by atomic mass is 10.0. The smallest absolute Gasteiger partial charge is 0.264 e. The molecule has 2 heterocycles. The zero-order valence-electron chi connectivity index (χ0n) is 11.2. The molecule has 1 aromatic carbocycles. The zero-order chi connectivity index (χ0) is 14.8. The molecule has 0 saturated carbocycles. The lowest BCUT2D eigenvalue weighted by Crippen LogP contribution is -2.48. The SMILES string of the molecule is O=C(c1ccc(Cl)s1)N1CCNCC1c1cccc(Cl)c1. The van der Waals surface area contributed by atoms with Crippen LogP contribution in [0.25, 0.3) is 0 Å². The fourth-order valence-electron chi connectivity index (χ4n) is 2.53. The van der Waals surface area contributed by atoms with E-state index in [1.807, 2.05) is 29.2 Å². The zero-order valence-corrected chi connectivity index (χ0v) is 13.5. The van der Waals surface area contributed by atoms with Gasteiger partial charge in [-0.15, -0.1) is 11.3 Å². The van der Waals surface area contributed by atoms with E-state index in [-0.39, 0.29) is 11.9 Å². The maximum atomic E-state index is 12.7. The Kier molecular flexibility index (Phi) is 4.50. The van der Waals surface area contributed by atoms with Gasteiger partial charge >= 0.3 is 0 Å². The summed E-state index contributed by atoms with van der Waals surface area (Å²) in [6, 6.07) is 11.2. The molecule has 2 aromatic rings. The topological polar surface area (TPSA) is 32.3 Å². The van der Waals surface area contributed by atoms with Gasteiger partial charge in [0, 0.05) is 24.7 Å². The van der Waals surface area contributed by atoms with Gasteiger partial charge in [0.1, 0.15) is 0 Å². The summed E-state index contributed by atoms with van der Waals surface area (Å²) in [5.41, 5.74) is 1.05. The van der Waals surface area contributed by atoms with Crippen LogP contribution in [-0.2, 0) is 0 Å². The molecule has 3 nitrogen and oxygen atoms in total. The van der Waals surface area contributed by atoms with Crippen molar-refractivity contribution in [1.29, 1.82) is 0 Å². The summed E-state index contributed by atoms with van der Waals surface area (Å²) in [4.78, 5) is 15.3. The van der Waals surface area contributed by atoms with Crippen molar-refractivity contribution < 1.29 is 4.79 Å². The molecule has 6 heteroatoms. The van der Waals surface area contributed by atoms with E-state index in [4.69, 9.17) is 23.2 Å². The van der Waals surface area contributed by atoms with Gasteiger partial charge in [-0.1, -0.05) is 35.3 Å². The molecule has 1 N–H and O–H groups in total. The Hall–Kier alpha value is -1.07. The van der Waals surface area contributed by atoms with E-state index in [0.717, 1.165) is 18.7 Å². The van der Waals surface area contributed by atoms with E-state index in [1.54, 1.807) is 12.1 Å². The van der Waals surface area contributed by atoms with Crippen LogP contribution in [0.4, 0.5) is 0 Å². The van der Waals surface area contributed by atoms with Gasteiger partial charge in [-0.3, -0.25) is 4.79 Å². The molecule has 1 fully saturated rings. The molecule has 1 amide bonds. The number of carbonyl (C=O) groups excluding carboxylic acids is 1. The van der Waals surface area contributed by atoms with Gasteiger partial charge in [0.15, 0.2) is 0 Å². The predicted molar refractivity (Wildman–Crippen MR) is 87.4 cm³/mol. The molecule has 3 rings (SSSR count). The van der Waals surface area contributed by atoms with Crippen molar-refractivity contribution in [2.75, 3.05) is 19.6 Å². The largest absolute Gasteiger partial charge is 0.328 e. The van der Waals surface area contributed by atoms with Gasteiger partial charge in [0.05, 0.1) is 15.3 Å². The minimum Gasteiger partial charge on any atom is -0.328 e. The number of carbonyl (C=O) groups is 1. The normalized spacial score (nSPS) is 18.8. The van der Waals surface area contributed by atoms with Crippen molar-refractivity contribution in [1.82, 2.24) is 10.2 Å². The molecule has 0 radical (unpaired) electrons. The van der Waals surface area contributed by atoms with Crippen LogP contribution in [0.3, 0.4) is 0 Å². The molecular formula is C15H14Cl2N2OS. The number of hydrogen-bond acceptors (Lipinski definition) is 3. The first kappa shape index (κ1) is 14.9. The van der Waals surface area contributed by atoms with Crippen LogP contribution in [0, 0.1) is 0 Å². The number of benzene rings is 1. The van der Waals surface area contributed by atoms with E-state index in [9.17, 15) is 4.79 Å². The van der Waals surface area contributed by atoms with Gasteiger partial charge in [-0.25, -0.2) is 0 Å². The minimum atomic E-state index is -0.00849. The second kappa shape index (κ2) is 6.36. The van der Waals surface area contributed by atoms with Crippen LogP contribution in [-0.4, -0.2) is 30.4 Å². The molecule has 110 valence electrons. The Labute approximate surface area is 137 Å². The molecule has 1 aliphatic rings. The summed E-state index contributed by atoms with van der Waals surface area (Å²) >= 11 is 13.3. The summed E-state index contributed by atoms with van der Waals surface area (Å²) in [6.07, 6.45) is 0. The number of rotatable bonds is 2. The highest BCUT2D eigenvalue weighted by Gasteiger charge is 2.29. The predicted octanol–water partition coefficient (Wildman–Crippen LogP) is 3.84. The van der Waals surface area contributed by atoms with Crippen LogP contribution >= 0.6 is 34.5 Å². The van der Waals surface area contributed by atoms with Crippen LogP contribution in [0.1, 0.15) is 21.3 Å². The van der Waals surface area contributed by atoms with Crippen molar-refractivity contribution in [2.24, 2.45) is 0 Å². The number of nitrogens with zero attached hydrogens (tertiary/aromatic N) is 1. The van der Waals surface area contributed by atoms with Gasteiger partial charge in [0.2, 0.25) is 0 Å². The second-order valence-electron chi connectivity index (χ2n) is 4.88. The van der Waals surface area contributed by atoms with Crippen molar-refractivity contribution in [3.05, 3.63) is 56.2 Å². The summed E-state index contributed by atoms with van der Waals surface area (Å²) in [7, 11) is 0. The number of thiophene rings is 1. The van der Waals surface area contributed by atoms with Crippen LogP contribution in [0.15, 0.2) is 36.4 Å². The first-order valence-electron chi connectivity index (χ1n) is 6.67. The van der Waals surface area contributed by atoms with E-state index in [0.29, 0.717) is 20.8 Å². The molecular weight excluding hydrogens is 327 g/mol. The Balaban J connectivity index is 1.89. The third-order valence-electron chi connectivity index (χ3n) is 3.52. The summed E-state index contributed by atoms with van der Waals surface area (Å²) in [5.74, 6) is 0.0263. The number of halogens is 2. The van der Waals surface area contributed by atoms with Crippen molar-refractivity contribution >= 4 is 40.4 Å². The molecule has 1 atom stereocenters. The molecule has 0 spiro atoms. The molecule has 1 unspecified atom stereocenters. The van der Waals surface area contributed by atoms with Gasteiger partial charge < -0.3 is 10.2 Å². The van der Waals surface area contributed by atoms with Gasteiger partial charge in [-0.05, 0) is 29.8 Å². The van der Waals surface area contributed by atoms with Crippen molar-refractivity contribution in [3.63, 3.8) is 0 Å². The molecule has 21 heavy (non-hydrogen) atoms. The average Bonchev–Trinajstić information content (AvgIpc) is 2.93. The lowest BCUT2D eigenvalue weighted by molar-refractivity contribution is 0.0639. The molecule has 1 aromatic heterocycles. The minimum absolute atomic E-state index is 0.00849. The van der Waals surface area contributed by atoms with Gasteiger partial charge in [-0.2, -0.15) is 0 Å². The third-order valence-corrected chi connectivity index (χ3v) is 4.98. The number of nitrogens with one attached hydrogen (secondary N) is 1. The van der Waals surface area contributed by atoms with Crippen molar-refractivity contribution in [3.8, 4) is 0 Å². The first-order valence-corrected chi connectivity index (χ1v) is 8.25. The van der Waals surface area contributed by atoms with Crippen molar-refractivity contribution in [2.45, 2.75) is 6.04 Å². The monoisotopic (exact) mass is 340 g/mol. The van der Waals surface area contributed by atoms with E-state index < -0.39 is 0 Å². The van der Waals surface area contributed by atoms with E-state index in [1.165, 1.54) is 11.3 Å². The lowest BCUT2D eigenvalue weighted by Gasteiger charge is -2.36. The number of amides is 1. The number of hydrogen-bond donors (Lipinski definition) is 1. The van der Waals surface area contributed by atoms with Crippen LogP contribution in [0.2, 0.25) is 9.36 Å². The third kappa shape index (κ3) is 3.24. The summed E-state index contributed by atoms with van der Waals surface area (Å²) < 4.78 is 0.632. The Morgan fingerprint density at radius 3 is 2.86 bits per heavy atom. The Bertz CT molecular complexity index is 659. The molecule has 0 aliphatic carbocycles. The van der Waals surface area contributed by atoms with E-state index >= 15 is 0 Å². The Morgan fingerprint density at radius 1 is 1.29 bits per heavy atom. The van der Waals surface area contributed by atoms with Crippen LogP contribution < -0.4 is 5.32 Å². The second-order valence-corrected chi connectivity index (χ2v) is 7.03. The quantitative estimate of drug-likeness (QED) is 0.900. The maximum Gasteiger partial charge on any atom is 0.264 e. The summed E-state index contributed by atoms with van der Waals surface area (Å²) in [5, 5.41) is 4.02. The standard InChI is InChI=1S/C15H14Cl2N2OS/c16-11-3-1-2-10(8-11)12-9-18-6-7-19(12)15(20)13-4-5-14(17)21-13/h1-5,8,12,18H,6-7,9H2. The average molecular weight is 341 g/mol. The van der Waals surface area contributed by atoms with Gasteiger partial charge in [0.25, 0.3) is 5.91 Å². The molecule has 1 saturated heterocycles. The first-order chi connectivity index (χ1) is 10.1. The van der Waals surface area contributed by atoms with Crippen LogP contribution in [0.5, 0.6) is 0 Å². The fraction of sp³-hybridized carbons (Fsp3) is 0.267. The summed E-state index contributed by atoms with van der Waals surface area (Å²) in [6.45, 7) is 2.19. The fourth-order valence-corrected chi connectivity index (χ4v) is 3.73. The highest BCUT2D eigenvalue weighted by molar-refractivity contribution is 7.17. The molecule has 1 aliphatic heterocycles. The Morgan fingerprint density at radius 2 is 2.14 bits per heavy atom. The van der Waals surface area contributed by atoms with E-state index in [2.05, 4.69) is 5.32 Å². The highest BCUT2D eigenvalue weighted by atomic mass is 35.5. The molecule has 0 bridgehead atoms. The maximum absolute atomic E-state index is 12.7. The highest BCUT2D eigenvalue weighted by Crippen LogP contribution is 2.29. The number of piperazine rings is 1.